The van der Waals surface area contributed by atoms with E-state index in [0.29, 0.717) is 0 Å². The Hall–Kier alpha value is -0.110. The molecule has 0 aromatic rings. The molecule has 0 unspecified atom stereocenters. The third-order valence-corrected chi connectivity index (χ3v) is 1.36. The van der Waals surface area contributed by atoms with Gasteiger partial charge in [0.1, 0.15) is 0 Å². The number of rotatable bonds is 4. The van der Waals surface area contributed by atoms with Crippen molar-refractivity contribution in [3.63, 3.8) is 0 Å². The van der Waals surface area contributed by atoms with Crippen molar-refractivity contribution in [1.29, 1.82) is 0 Å². The van der Waals surface area contributed by atoms with E-state index in [2.05, 4.69) is 18.7 Å². The van der Waals surface area contributed by atoms with Crippen LogP contribution in [0.1, 0.15) is 20.3 Å². The molecule has 0 N–H and O–H groups in total. The molecule has 0 rings (SSSR count). The van der Waals surface area contributed by atoms with Gasteiger partial charge in [-0.1, -0.05) is 19.1 Å². The average Bonchev–Trinajstić information content (AvgIpc) is 1.83. The highest BCUT2D eigenvalue weighted by Gasteiger charge is 1.89. The Balaban J connectivity index is 3.21. The standard InChI is InChI=1S/C6H13NS/c1-3-5-7(4-2)6-8/h6H,3-5H2,1-2H3. The van der Waals surface area contributed by atoms with E-state index in [4.69, 9.17) is 12.2 Å². The molecule has 8 heavy (non-hydrogen) atoms. The summed E-state index contributed by atoms with van der Waals surface area (Å²) in [6.07, 6.45) is 1.18. The lowest BCUT2D eigenvalue weighted by atomic mass is 10.4. The van der Waals surface area contributed by atoms with Crippen LogP contribution >= 0.6 is 12.2 Å². The monoisotopic (exact) mass is 131 g/mol. The SMILES string of the molecule is CCCN(C=S)CC. The third-order valence-electron chi connectivity index (χ3n) is 1.07. The molecule has 0 radical (unpaired) electrons. The minimum Gasteiger partial charge on any atom is -0.369 e. The zero-order valence-electron chi connectivity index (χ0n) is 5.55. The van der Waals surface area contributed by atoms with Crippen molar-refractivity contribution in [3.05, 3.63) is 0 Å². The van der Waals surface area contributed by atoms with Crippen LogP contribution in [0.15, 0.2) is 0 Å². The van der Waals surface area contributed by atoms with Gasteiger partial charge in [0.2, 0.25) is 0 Å². The van der Waals surface area contributed by atoms with E-state index in [0.717, 1.165) is 13.1 Å². The zero-order chi connectivity index (χ0) is 6.41. The molecule has 0 atom stereocenters. The second-order valence-corrected chi connectivity index (χ2v) is 1.94. The van der Waals surface area contributed by atoms with Crippen LogP contribution in [0.4, 0.5) is 0 Å². The van der Waals surface area contributed by atoms with Gasteiger partial charge in [0, 0.05) is 13.1 Å². The highest BCUT2D eigenvalue weighted by Crippen LogP contribution is 1.84. The fourth-order valence-electron chi connectivity index (χ4n) is 0.573. The molecule has 48 valence electrons. The van der Waals surface area contributed by atoms with Gasteiger partial charge in [0.15, 0.2) is 0 Å². The van der Waals surface area contributed by atoms with E-state index in [1.165, 1.54) is 6.42 Å². The van der Waals surface area contributed by atoms with E-state index in [1.807, 2.05) is 0 Å². The summed E-state index contributed by atoms with van der Waals surface area (Å²) < 4.78 is 0. The molecule has 0 aliphatic heterocycles. The van der Waals surface area contributed by atoms with Crippen molar-refractivity contribution in [2.75, 3.05) is 13.1 Å². The Bertz CT molecular complexity index is 63.5. The number of nitrogens with zero attached hydrogens (tertiary/aromatic N) is 1. The van der Waals surface area contributed by atoms with E-state index in [1.54, 1.807) is 5.49 Å². The summed E-state index contributed by atoms with van der Waals surface area (Å²) in [5.41, 5.74) is 1.73. The summed E-state index contributed by atoms with van der Waals surface area (Å²) in [5.74, 6) is 0. The van der Waals surface area contributed by atoms with Crippen LogP contribution in [0.2, 0.25) is 0 Å². The van der Waals surface area contributed by atoms with Gasteiger partial charge in [-0.2, -0.15) is 0 Å². The van der Waals surface area contributed by atoms with E-state index in [-0.39, 0.29) is 0 Å². The quantitative estimate of drug-likeness (QED) is 0.534. The molecule has 2 heteroatoms. The highest BCUT2D eigenvalue weighted by molar-refractivity contribution is 7.78. The predicted octanol–water partition coefficient (Wildman–Crippen LogP) is 1.68. The lowest BCUT2D eigenvalue weighted by molar-refractivity contribution is 0.458. The Labute approximate surface area is 56.7 Å². The first-order valence-corrected chi connectivity index (χ1v) is 3.51. The van der Waals surface area contributed by atoms with Gasteiger partial charge in [0.25, 0.3) is 0 Å². The van der Waals surface area contributed by atoms with Crippen molar-refractivity contribution in [2.24, 2.45) is 0 Å². The van der Waals surface area contributed by atoms with Crippen LogP contribution in [0, 0.1) is 0 Å². The molecule has 0 fully saturated rings. The van der Waals surface area contributed by atoms with Crippen LogP contribution in [-0.2, 0) is 0 Å². The Morgan fingerprint density at radius 2 is 2.12 bits per heavy atom. The lowest BCUT2D eigenvalue weighted by Crippen LogP contribution is -2.20. The minimum atomic E-state index is 1.04. The second kappa shape index (κ2) is 5.04. The molecule has 0 bridgehead atoms. The number of hydrogen-bond acceptors (Lipinski definition) is 1. The van der Waals surface area contributed by atoms with Gasteiger partial charge in [-0.15, -0.1) is 0 Å². The van der Waals surface area contributed by atoms with Gasteiger partial charge in [-0.05, 0) is 13.3 Å². The van der Waals surface area contributed by atoms with Gasteiger partial charge >= 0.3 is 0 Å². The van der Waals surface area contributed by atoms with Crippen LogP contribution in [0.3, 0.4) is 0 Å². The summed E-state index contributed by atoms with van der Waals surface area (Å²) in [4.78, 5) is 2.12. The van der Waals surface area contributed by atoms with Crippen LogP contribution in [0.25, 0.3) is 0 Å². The zero-order valence-corrected chi connectivity index (χ0v) is 6.37. The predicted molar refractivity (Wildman–Crippen MR) is 41.2 cm³/mol. The molecule has 0 amide bonds. The fraction of sp³-hybridized carbons (Fsp3) is 0.833. The Morgan fingerprint density at radius 3 is 2.25 bits per heavy atom. The lowest BCUT2D eigenvalue weighted by Gasteiger charge is -2.13. The number of thiocarbonyl (C=S) groups is 1. The maximum absolute atomic E-state index is 4.74. The molecule has 0 aliphatic rings. The summed E-state index contributed by atoms with van der Waals surface area (Å²) >= 11 is 4.74. The first-order valence-electron chi connectivity index (χ1n) is 3.04. The largest absolute Gasteiger partial charge is 0.369 e. The molecule has 0 aliphatic carbocycles. The van der Waals surface area contributed by atoms with E-state index < -0.39 is 0 Å². The first-order chi connectivity index (χ1) is 3.85. The van der Waals surface area contributed by atoms with Crippen LogP contribution < -0.4 is 0 Å². The summed E-state index contributed by atoms with van der Waals surface area (Å²) in [5, 5.41) is 0. The van der Waals surface area contributed by atoms with Crippen molar-refractivity contribution < 1.29 is 0 Å². The maximum atomic E-state index is 4.74. The molecule has 0 saturated carbocycles. The first kappa shape index (κ1) is 7.89. The van der Waals surface area contributed by atoms with Crippen LogP contribution in [-0.4, -0.2) is 23.5 Å². The van der Waals surface area contributed by atoms with Gasteiger partial charge < -0.3 is 4.90 Å². The molecule has 1 nitrogen and oxygen atoms in total. The second-order valence-electron chi connectivity index (χ2n) is 1.73. The molecule has 0 saturated heterocycles. The van der Waals surface area contributed by atoms with Crippen LogP contribution in [0.5, 0.6) is 0 Å². The maximum Gasteiger partial charge on any atom is 0.0640 e. The minimum absolute atomic E-state index is 1.04. The molecule has 0 spiro atoms. The average molecular weight is 131 g/mol. The molecule has 0 aromatic heterocycles. The van der Waals surface area contributed by atoms with Gasteiger partial charge in [-0.3, -0.25) is 0 Å². The summed E-state index contributed by atoms with van der Waals surface area (Å²) in [7, 11) is 0. The molecule has 0 aromatic carbocycles. The summed E-state index contributed by atoms with van der Waals surface area (Å²) in [6, 6.07) is 0. The van der Waals surface area contributed by atoms with E-state index in [9.17, 15) is 0 Å². The molecular formula is C6H13NS. The highest BCUT2D eigenvalue weighted by atomic mass is 32.1. The van der Waals surface area contributed by atoms with Gasteiger partial charge in [0.05, 0.1) is 5.49 Å². The molecular weight excluding hydrogens is 118 g/mol. The number of hydrogen-bond donors (Lipinski definition) is 0. The van der Waals surface area contributed by atoms with Crippen molar-refractivity contribution in [1.82, 2.24) is 4.90 Å². The molecule has 0 heterocycles. The van der Waals surface area contributed by atoms with E-state index >= 15 is 0 Å². The Kier molecular flexibility index (Phi) is 4.97. The fourth-order valence-corrected chi connectivity index (χ4v) is 0.827. The smallest absolute Gasteiger partial charge is 0.0640 e. The Morgan fingerprint density at radius 1 is 1.50 bits per heavy atom. The topological polar surface area (TPSA) is 3.24 Å². The van der Waals surface area contributed by atoms with Crippen molar-refractivity contribution in [2.45, 2.75) is 20.3 Å². The van der Waals surface area contributed by atoms with Crippen molar-refractivity contribution in [3.8, 4) is 0 Å². The van der Waals surface area contributed by atoms with Gasteiger partial charge in [-0.25, -0.2) is 0 Å². The normalized spacial score (nSPS) is 8.75. The van der Waals surface area contributed by atoms with Crippen molar-refractivity contribution >= 4 is 17.7 Å². The third kappa shape index (κ3) is 2.97. The summed E-state index contributed by atoms with van der Waals surface area (Å²) in [6.45, 7) is 6.40.